The molecule has 0 fully saturated rings. The highest BCUT2D eigenvalue weighted by Gasteiger charge is 2.26. The summed E-state index contributed by atoms with van der Waals surface area (Å²) in [5, 5.41) is 2.85. The van der Waals surface area contributed by atoms with Crippen LogP contribution in [0.25, 0.3) is 0 Å². The van der Waals surface area contributed by atoms with E-state index in [1.54, 1.807) is 19.2 Å². The predicted molar refractivity (Wildman–Crippen MR) is 91.2 cm³/mol. The molecule has 0 bridgehead atoms. The second kappa shape index (κ2) is 8.34. The molecule has 0 spiro atoms. The molecule has 1 heterocycles. The van der Waals surface area contributed by atoms with Gasteiger partial charge in [-0.25, -0.2) is 4.98 Å². The van der Waals surface area contributed by atoms with Crippen LogP contribution in [0.1, 0.15) is 53.0 Å². The van der Waals surface area contributed by atoms with Gasteiger partial charge in [-0.15, -0.1) is 12.4 Å². The number of hydrogen-bond donors (Lipinski definition) is 2. The number of aromatic nitrogens is 1. The van der Waals surface area contributed by atoms with Crippen LogP contribution in [-0.4, -0.2) is 22.0 Å². The molecule has 0 aliphatic rings. The van der Waals surface area contributed by atoms with Gasteiger partial charge in [0.2, 0.25) is 11.8 Å². The average Bonchev–Trinajstić information content (AvgIpc) is 2.35. The number of hydrogen-bond acceptors (Lipinski definition) is 4. The van der Waals surface area contributed by atoms with Crippen LogP contribution in [-0.2, 0) is 11.3 Å². The van der Waals surface area contributed by atoms with E-state index in [0.29, 0.717) is 18.8 Å². The molecule has 0 aromatic carbocycles. The molecule has 1 amide bonds. The Morgan fingerprint density at radius 1 is 1.32 bits per heavy atom. The van der Waals surface area contributed by atoms with Gasteiger partial charge in [-0.05, 0) is 39.7 Å². The van der Waals surface area contributed by atoms with E-state index in [9.17, 15) is 4.79 Å². The molecule has 0 aliphatic heterocycles. The summed E-state index contributed by atoms with van der Waals surface area (Å²) in [5.74, 6) is 0.437. The first kappa shape index (κ1) is 20.7. The fourth-order valence-electron chi connectivity index (χ4n) is 1.91. The third-order valence-electron chi connectivity index (χ3n) is 2.95. The van der Waals surface area contributed by atoms with Crippen LogP contribution >= 0.6 is 12.4 Å². The topological polar surface area (TPSA) is 77.2 Å². The van der Waals surface area contributed by atoms with Gasteiger partial charge in [0, 0.05) is 18.8 Å². The summed E-state index contributed by atoms with van der Waals surface area (Å²) in [6.45, 7) is 10.1. The van der Waals surface area contributed by atoms with Gasteiger partial charge in [0.1, 0.15) is 5.60 Å². The summed E-state index contributed by atoms with van der Waals surface area (Å²) in [5.41, 5.74) is 5.80. The van der Waals surface area contributed by atoms with E-state index >= 15 is 0 Å². The Morgan fingerprint density at radius 3 is 2.41 bits per heavy atom. The molecule has 6 heteroatoms. The van der Waals surface area contributed by atoms with E-state index < -0.39 is 5.54 Å². The van der Waals surface area contributed by atoms with Gasteiger partial charge in [-0.1, -0.05) is 19.4 Å². The Kier molecular flexibility index (Phi) is 7.84. The van der Waals surface area contributed by atoms with Gasteiger partial charge in [0.15, 0.2) is 0 Å². The van der Waals surface area contributed by atoms with Crippen molar-refractivity contribution in [2.24, 2.45) is 5.73 Å². The van der Waals surface area contributed by atoms with Crippen molar-refractivity contribution in [1.82, 2.24) is 10.3 Å². The Bertz CT molecular complexity index is 467. The summed E-state index contributed by atoms with van der Waals surface area (Å²) in [6.07, 6.45) is 3.24. The van der Waals surface area contributed by atoms with E-state index in [1.165, 1.54) is 0 Å². The number of amides is 1. The van der Waals surface area contributed by atoms with Crippen LogP contribution in [0.2, 0.25) is 0 Å². The molecule has 1 rings (SSSR count). The highest BCUT2D eigenvalue weighted by Crippen LogP contribution is 2.15. The smallest absolute Gasteiger partial charge is 0.240 e. The average molecular weight is 330 g/mol. The zero-order valence-electron chi connectivity index (χ0n) is 14.1. The molecule has 3 N–H and O–H groups in total. The fourth-order valence-corrected chi connectivity index (χ4v) is 1.91. The van der Waals surface area contributed by atoms with Gasteiger partial charge in [0.25, 0.3) is 0 Å². The Labute approximate surface area is 139 Å². The van der Waals surface area contributed by atoms with Crippen molar-refractivity contribution in [2.75, 3.05) is 0 Å². The lowest BCUT2D eigenvalue weighted by Gasteiger charge is -2.23. The third-order valence-corrected chi connectivity index (χ3v) is 2.95. The normalized spacial score (nSPS) is 13.7. The highest BCUT2D eigenvalue weighted by atomic mass is 35.5. The second-order valence-electron chi connectivity index (χ2n) is 6.57. The fraction of sp³-hybridized carbons (Fsp3) is 0.625. The molecule has 0 saturated heterocycles. The molecule has 1 unspecified atom stereocenters. The number of halogens is 1. The van der Waals surface area contributed by atoms with E-state index in [-0.39, 0.29) is 23.9 Å². The minimum Gasteiger partial charge on any atom is -0.472 e. The molecule has 0 saturated carbocycles. The van der Waals surface area contributed by atoms with Gasteiger partial charge in [0.05, 0.1) is 5.54 Å². The molecule has 1 aromatic heterocycles. The van der Waals surface area contributed by atoms with E-state index in [0.717, 1.165) is 12.0 Å². The van der Waals surface area contributed by atoms with Crippen LogP contribution in [0.3, 0.4) is 0 Å². The second-order valence-corrected chi connectivity index (χ2v) is 6.57. The Morgan fingerprint density at radius 2 is 1.95 bits per heavy atom. The Balaban J connectivity index is 0.00000441. The third kappa shape index (κ3) is 7.09. The van der Waals surface area contributed by atoms with Crippen molar-refractivity contribution in [2.45, 2.75) is 65.1 Å². The van der Waals surface area contributed by atoms with Gasteiger partial charge in [-0.3, -0.25) is 4.79 Å². The van der Waals surface area contributed by atoms with E-state index in [2.05, 4.69) is 10.3 Å². The zero-order chi connectivity index (χ0) is 16.1. The van der Waals surface area contributed by atoms with Gasteiger partial charge >= 0.3 is 0 Å². The minimum atomic E-state index is -0.822. The van der Waals surface area contributed by atoms with Gasteiger partial charge < -0.3 is 15.8 Å². The maximum Gasteiger partial charge on any atom is 0.240 e. The largest absolute Gasteiger partial charge is 0.472 e. The molecule has 1 aromatic rings. The number of carbonyl (C=O) groups is 1. The number of rotatable bonds is 6. The van der Waals surface area contributed by atoms with Crippen molar-refractivity contribution in [3.63, 3.8) is 0 Å². The maximum atomic E-state index is 12.0. The van der Waals surface area contributed by atoms with E-state index in [1.807, 2.05) is 33.8 Å². The van der Waals surface area contributed by atoms with Crippen molar-refractivity contribution < 1.29 is 9.53 Å². The van der Waals surface area contributed by atoms with Crippen molar-refractivity contribution >= 4 is 18.3 Å². The van der Waals surface area contributed by atoms with Crippen LogP contribution in [0.4, 0.5) is 0 Å². The van der Waals surface area contributed by atoms with Crippen molar-refractivity contribution in [3.05, 3.63) is 23.9 Å². The number of ether oxygens (including phenoxy) is 1. The summed E-state index contributed by atoms with van der Waals surface area (Å²) in [7, 11) is 0. The number of carbonyl (C=O) groups excluding carboxylic acids is 1. The maximum absolute atomic E-state index is 12.0. The minimum absolute atomic E-state index is 0. The molecule has 22 heavy (non-hydrogen) atoms. The monoisotopic (exact) mass is 329 g/mol. The first-order valence-corrected chi connectivity index (χ1v) is 7.35. The van der Waals surface area contributed by atoms with Crippen LogP contribution in [0.15, 0.2) is 18.3 Å². The molecular weight excluding hydrogens is 302 g/mol. The van der Waals surface area contributed by atoms with Crippen molar-refractivity contribution in [3.8, 4) is 5.88 Å². The molecule has 126 valence electrons. The van der Waals surface area contributed by atoms with Crippen molar-refractivity contribution in [1.29, 1.82) is 0 Å². The number of pyridine rings is 1. The van der Waals surface area contributed by atoms with E-state index in [4.69, 9.17) is 10.5 Å². The summed E-state index contributed by atoms with van der Waals surface area (Å²) < 4.78 is 5.65. The number of nitrogens with zero attached hydrogens (tertiary/aromatic N) is 1. The lowest BCUT2D eigenvalue weighted by molar-refractivity contribution is -0.126. The lowest BCUT2D eigenvalue weighted by Crippen LogP contribution is -2.51. The zero-order valence-corrected chi connectivity index (χ0v) is 14.9. The summed E-state index contributed by atoms with van der Waals surface area (Å²) in [6, 6.07) is 3.70. The number of nitrogens with one attached hydrogen (secondary N) is 1. The Hall–Kier alpha value is -1.33. The number of nitrogens with two attached hydrogens (primary N) is 1. The van der Waals surface area contributed by atoms with Crippen LogP contribution in [0, 0.1) is 0 Å². The molecular formula is C16H28ClN3O2. The summed E-state index contributed by atoms with van der Waals surface area (Å²) in [4.78, 5) is 16.2. The molecule has 5 nitrogen and oxygen atoms in total. The summed E-state index contributed by atoms with van der Waals surface area (Å²) >= 11 is 0. The molecule has 0 radical (unpaired) electrons. The quantitative estimate of drug-likeness (QED) is 0.841. The van der Waals surface area contributed by atoms with Crippen LogP contribution < -0.4 is 15.8 Å². The SMILES string of the molecule is CCCC(C)(N)C(=O)NCc1ccc(OC(C)(C)C)nc1.Cl. The first-order valence-electron chi connectivity index (χ1n) is 7.35. The lowest BCUT2D eigenvalue weighted by atomic mass is 9.96. The standard InChI is InChI=1S/C16H27N3O2.ClH/c1-6-9-16(5,17)14(20)19-11-12-7-8-13(18-10-12)21-15(2,3)4;/h7-8,10H,6,9,11,17H2,1-5H3,(H,19,20);1H. The van der Waals surface area contributed by atoms with Gasteiger partial charge in [-0.2, -0.15) is 0 Å². The highest BCUT2D eigenvalue weighted by molar-refractivity contribution is 5.85. The first-order chi connectivity index (χ1) is 9.64. The molecule has 0 aliphatic carbocycles. The predicted octanol–water partition coefficient (Wildman–Crippen LogP) is 2.81. The van der Waals surface area contributed by atoms with Crippen LogP contribution in [0.5, 0.6) is 5.88 Å². The molecule has 1 atom stereocenters.